The maximum absolute atomic E-state index is 11.5. The third-order valence-electron chi connectivity index (χ3n) is 2.36. The molecule has 5 nitrogen and oxygen atoms in total. The van der Waals surface area contributed by atoms with Crippen molar-refractivity contribution in [2.45, 2.75) is 12.8 Å². The number of benzene rings is 1. The lowest BCUT2D eigenvalue weighted by atomic mass is 10.3. The van der Waals surface area contributed by atoms with Crippen molar-refractivity contribution in [3.05, 3.63) is 27.7 Å². The van der Waals surface area contributed by atoms with Gasteiger partial charge in [-0.1, -0.05) is 11.6 Å². The van der Waals surface area contributed by atoms with Crippen LogP contribution >= 0.6 is 27.5 Å². The second-order valence-corrected chi connectivity index (χ2v) is 5.18. The van der Waals surface area contributed by atoms with E-state index in [4.69, 9.17) is 16.3 Å². The Labute approximate surface area is 130 Å². The monoisotopic (exact) mass is 363 g/mol. The summed E-state index contributed by atoms with van der Waals surface area (Å²) < 4.78 is 10.5. The van der Waals surface area contributed by atoms with Crippen LogP contribution in [-0.4, -0.2) is 32.1 Å². The number of amides is 1. The average molecular weight is 365 g/mol. The van der Waals surface area contributed by atoms with Gasteiger partial charge in [0, 0.05) is 18.0 Å². The largest absolute Gasteiger partial charge is 0.483 e. The van der Waals surface area contributed by atoms with E-state index >= 15 is 0 Å². The van der Waals surface area contributed by atoms with Gasteiger partial charge in [-0.3, -0.25) is 9.59 Å². The first-order valence-electron chi connectivity index (χ1n) is 5.94. The van der Waals surface area contributed by atoms with E-state index in [9.17, 15) is 9.59 Å². The fourth-order valence-corrected chi connectivity index (χ4v) is 2.15. The summed E-state index contributed by atoms with van der Waals surface area (Å²) in [6.45, 7) is 0.303. The van der Waals surface area contributed by atoms with Gasteiger partial charge in [-0.15, -0.1) is 0 Å². The Morgan fingerprint density at radius 2 is 2.15 bits per heavy atom. The van der Waals surface area contributed by atoms with Gasteiger partial charge in [0.25, 0.3) is 5.91 Å². The molecule has 0 saturated heterocycles. The molecule has 1 rings (SSSR count). The molecule has 1 amide bonds. The van der Waals surface area contributed by atoms with Gasteiger partial charge in [0.05, 0.1) is 11.6 Å². The molecule has 0 aliphatic heterocycles. The minimum atomic E-state index is -0.291. The Morgan fingerprint density at radius 1 is 1.40 bits per heavy atom. The first-order valence-corrected chi connectivity index (χ1v) is 7.11. The molecule has 0 aliphatic carbocycles. The number of carbonyl (C=O) groups is 2. The zero-order valence-electron chi connectivity index (χ0n) is 10.9. The van der Waals surface area contributed by atoms with E-state index in [-0.39, 0.29) is 24.9 Å². The van der Waals surface area contributed by atoms with Crippen molar-refractivity contribution >= 4 is 39.4 Å². The number of hydrogen-bond acceptors (Lipinski definition) is 4. The zero-order chi connectivity index (χ0) is 15.0. The Balaban J connectivity index is 2.24. The molecule has 20 heavy (non-hydrogen) atoms. The zero-order valence-corrected chi connectivity index (χ0v) is 13.3. The molecule has 7 heteroatoms. The number of rotatable bonds is 7. The van der Waals surface area contributed by atoms with Gasteiger partial charge in [0.2, 0.25) is 0 Å². The van der Waals surface area contributed by atoms with Crippen molar-refractivity contribution in [1.82, 2.24) is 5.32 Å². The first kappa shape index (κ1) is 16.8. The molecular weight excluding hydrogens is 350 g/mol. The summed E-state index contributed by atoms with van der Waals surface area (Å²) in [5.74, 6) is -0.00331. The predicted octanol–water partition coefficient (Wildman–Crippen LogP) is 2.55. The van der Waals surface area contributed by atoms with Crippen molar-refractivity contribution in [2.75, 3.05) is 20.3 Å². The van der Waals surface area contributed by atoms with Crippen LogP contribution in [0.15, 0.2) is 22.7 Å². The third kappa shape index (κ3) is 6.25. The molecule has 0 heterocycles. The van der Waals surface area contributed by atoms with Crippen LogP contribution in [0.5, 0.6) is 5.75 Å². The molecule has 1 aromatic carbocycles. The predicted molar refractivity (Wildman–Crippen MR) is 78.9 cm³/mol. The number of esters is 1. The van der Waals surface area contributed by atoms with E-state index in [1.165, 1.54) is 7.11 Å². The van der Waals surface area contributed by atoms with E-state index in [0.717, 1.165) is 0 Å². The van der Waals surface area contributed by atoms with Gasteiger partial charge < -0.3 is 14.8 Å². The van der Waals surface area contributed by atoms with E-state index in [0.29, 0.717) is 28.2 Å². The molecule has 0 fully saturated rings. The van der Waals surface area contributed by atoms with Crippen LogP contribution < -0.4 is 10.1 Å². The van der Waals surface area contributed by atoms with Gasteiger partial charge in [-0.2, -0.15) is 0 Å². The Kier molecular flexibility index (Phi) is 7.40. The van der Waals surface area contributed by atoms with E-state index < -0.39 is 0 Å². The summed E-state index contributed by atoms with van der Waals surface area (Å²) in [6, 6.07) is 5.04. The normalized spacial score (nSPS) is 9.95. The lowest BCUT2D eigenvalue weighted by Crippen LogP contribution is -2.30. The van der Waals surface area contributed by atoms with Gasteiger partial charge in [-0.05, 0) is 40.5 Å². The summed E-state index contributed by atoms with van der Waals surface area (Å²) in [4.78, 5) is 22.4. The van der Waals surface area contributed by atoms with Crippen LogP contribution in [0.2, 0.25) is 5.02 Å². The Bertz CT molecular complexity index is 481. The Morgan fingerprint density at radius 3 is 2.80 bits per heavy atom. The highest BCUT2D eigenvalue weighted by molar-refractivity contribution is 9.10. The molecular formula is C13H15BrClNO4. The van der Waals surface area contributed by atoms with Crippen LogP contribution in [-0.2, 0) is 14.3 Å². The quantitative estimate of drug-likeness (QED) is 0.596. The highest BCUT2D eigenvalue weighted by Crippen LogP contribution is 2.27. The molecule has 0 spiro atoms. The van der Waals surface area contributed by atoms with E-state index in [1.807, 2.05) is 0 Å². The fourth-order valence-electron chi connectivity index (χ4n) is 1.35. The van der Waals surface area contributed by atoms with Crippen molar-refractivity contribution in [2.24, 2.45) is 0 Å². The van der Waals surface area contributed by atoms with Gasteiger partial charge in [-0.25, -0.2) is 0 Å². The van der Waals surface area contributed by atoms with Crippen LogP contribution in [0.1, 0.15) is 12.8 Å². The molecule has 0 bridgehead atoms. The van der Waals surface area contributed by atoms with E-state index in [2.05, 4.69) is 26.0 Å². The second-order valence-electron chi connectivity index (χ2n) is 3.89. The van der Waals surface area contributed by atoms with Crippen LogP contribution in [0, 0.1) is 0 Å². The average Bonchev–Trinajstić information content (AvgIpc) is 2.42. The standard InChI is InChI=1S/C13H15BrClNO4/c1-19-13(18)3-2-6-16-12(17)8-20-11-5-4-9(15)7-10(11)14/h4-5,7H,2-3,6,8H2,1H3,(H,16,17). The maximum Gasteiger partial charge on any atom is 0.305 e. The minimum absolute atomic E-state index is 0.0988. The van der Waals surface area contributed by atoms with E-state index in [1.54, 1.807) is 18.2 Å². The van der Waals surface area contributed by atoms with Crippen LogP contribution in [0.25, 0.3) is 0 Å². The smallest absolute Gasteiger partial charge is 0.305 e. The van der Waals surface area contributed by atoms with Crippen molar-refractivity contribution in [3.63, 3.8) is 0 Å². The maximum atomic E-state index is 11.5. The van der Waals surface area contributed by atoms with Gasteiger partial charge in [0.1, 0.15) is 5.75 Å². The molecule has 110 valence electrons. The highest BCUT2D eigenvalue weighted by atomic mass is 79.9. The summed E-state index contributed by atoms with van der Waals surface area (Å²) >= 11 is 9.09. The summed E-state index contributed by atoms with van der Waals surface area (Å²) in [5, 5.41) is 3.23. The third-order valence-corrected chi connectivity index (χ3v) is 3.22. The lowest BCUT2D eigenvalue weighted by molar-refractivity contribution is -0.140. The minimum Gasteiger partial charge on any atom is -0.483 e. The molecule has 0 aromatic heterocycles. The first-order chi connectivity index (χ1) is 9.52. The SMILES string of the molecule is COC(=O)CCCNC(=O)COc1ccc(Cl)cc1Br. The Hall–Kier alpha value is -1.27. The number of nitrogens with one attached hydrogen (secondary N) is 1. The number of hydrogen-bond donors (Lipinski definition) is 1. The van der Waals surface area contributed by atoms with Gasteiger partial charge in [0.15, 0.2) is 6.61 Å². The molecule has 0 radical (unpaired) electrons. The number of halogens is 2. The fraction of sp³-hybridized carbons (Fsp3) is 0.385. The van der Waals surface area contributed by atoms with Crippen molar-refractivity contribution < 1.29 is 19.1 Å². The number of ether oxygens (including phenoxy) is 2. The molecule has 0 unspecified atom stereocenters. The number of carbonyl (C=O) groups excluding carboxylic acids is 2. The summed E-state index contributed by atoms with van der Waals surface area (Å²) in [5.41, 5.74) is 0. The summed E-state index contributed by atoms with van der Waals surface area (Å²) in [7, 11) is 1.33. The second kappa shape index (κ2) is 8.81. The summed E-state index contributed by atoms with van der Waals surface area (Å²) in [6.07, 6.45) is 0.809. The lowest BCUT2D eigenvalue weighted by Gasteiger charge is -2.09. The van der Waals surface area contributed by atoms with Crippen molar-refractivity contribution in [3.8, 4) is 5.75 Å². The molecule has 1 aromatic rings. The van der Waals surface area contributed by atoms with Crippen LogP contribution in [0.4, 0.5) is 0 Å². The molecule has 0 atom stereocenters. The molecule has 0 saturated carbocycles. The van der Waals surface area contributed by atoms with Crippen molar-refractivity contribution in [1.29, 1.82) is 0 Å². The van der Waals surface area contributed by atoms with Crippen LogP contribution in [0.3, 0.4) is 0 Å². The van der Waals surface area contributed by atoms with Gasteiger partial charge >= 0.3 is 5.97 Å². The number of methoxy groups -OCH3 is 1. The topological polar surface area (TPSA) is 64.6 Å². The highest BCUT2D eigenvalue weighted by Gasteiger charge is 2.06. The molecule has 1 N–H and O–H groups in total. The molecule has 0 aliphatic rings.